The second-order valence-electron chi connectivity index (χ2n) is 8.21. The van der Waals surface area contributed by atoms with Crippen molar-refractivity contribution >= 4 is 11.9 Å². The van der Waals surface area contributed by atoms with Crippen LogP contribution in [0.5, 0.6) is 11.5 Å². The number of carbonyl (C=O) groups excluding carboxylic acids is 1. The Kier molecular flexibility index (Phi) is 6.47. The lowest BCUT2D eigenvalue weighted by molar-refractivity contribution is -0.130. The van der Waals surface area contributed by atoms with Crippen molar-refractivity contribution in [2.75, 3.05) is 31.1 Å². The van der Waals surface area contributed by atoms with E-state index in [1.54, 1.807) is 6.20 Å². The monoisotopic (exact) mass is 450 g/mol. The molecule has 6 heteroatoms. The first-order valence-electron chi connectivity index (χ1n) is 11.5. The van der Waals surface area contributed by atoms with Gasteiger partial charge >= 0.3 is 0 Å². The maximum atomic E-state index is 12.7. The molecule has 1 amide bonds. The number of rotatable bonds is 6. The maximum absolute atomic E-state index is 12.7. The van der Waals surface area contributed by atoms with Crippen LogP contribution in [-0.4, -0.2) is 47.0 Å². The first kappa shape index (κ1) is 21.6. The van der Waals surface area contributed by atoms with Gasteiger partial charge in [0.15, 0.2) is 0 Å². The zero-order valence-electron chi connectivity index (χ0n) is 18.9. The average molecular weight is 451 g/mol. The van der Waals surface area contributed by atoms with Crippen molar-refractivity contribution in [3.63, 3.8) is 0 Å². The highest BCUT2D eigenvalue weighted by atomic mass is 16.5. The van der Waals surface area contributed by atoms with Gasteiger partial charge in [-0.25, -0.2) is 9.97 Å². The van der Waals surface area contributed by atoms with Gasteiger partial charge in [-0.15, -0.1) is 0 Å². The summed E-state index contributed by atoms with van der Waals surface area (Å²) in [6.45, 7) is 2.78. The third-order valence-corrected chi connectivity index (χ3v) is 5.89. The molecule has 170 valence electrons. The number of amides is 1. The highest BCUT2D eigenvalue weighted by molar-refractivity contribution is 5.79. The van der Waals surface area contributed by atoms with Gasteiger partial charge in [-0.1, -0.05) is 48.5 Å². The first-order chi connectivity index (χ1) is 16.7. The van der Waals surface area contributed by atoms with E-state index in [-0.39, 0.29) is 5.91 Å². The number of hydrogen-bond acceptors (Lipinski definition) is 5. The molecule has 0 aliphatic carbocycles. The molecule has 0 N–H and O–H groups in total. The molecular weight excluding hydrogens is 424 g/mol. The van der Waals surface area contributed by atoms with E-state index in [1.165, 1.54) is 0 Å². The minimum absolute atomic E-state index is 0.165. The van der Waals surface area contributed by atoms with Gasteiger partial charge in [0.05, 0.1) is 12.1 Å². The Morgan fingerprint density at radius 2 is 1.41 bits per heavy atom. The van der Waals surface area contributed by atoms with Gasteiger partial charge in [-0.3, -0.25) is 4.79 Å². The highest BCUT2D eigenvalue weighted by Gasteiger charge is 2.23. The fourth-order valence-electron chi connectivity index (χ4n) is 4.02. The summed E-state index contributed by atoms with van der Waals surface area (Å²) in [6, 6.07) is 29.4. The standard InChI is InChI=1S/C28H26N4O2/c33-27(21-22-7-3-1-4-8-22)31-17-19-32(20-18-31)28-29-16-15-26(30-28)23-11-13-25(14-12-23)34-24-9-5-2-6-10-24/h1-16H,17-21H2. The van der Waals surface area contributed by atoms with E-state index in [4.69, 9.17) is 9.72 Å². The van der Waals surface area contributed by atoms with Crippen LogP contribution in [0.4, 0.5) is 5.95 Å². The first-order valence-corrected chi connectivity index (χ1v) is 11.5. The average Bonchev–Trinajstić information content (AvgIpc) is 2.90. The molecule has 34 heavy (non-hydrogen) atoms. The molecule has 0 radical (unpaired) electrons. The van der Waals surface area contributed by atoms with Crippen molar-refractivity contribution in [2.24, 2.45) is 0 Å². The number of hydrogen-bond donors (Lipinski definition) is 0. The Balaban J connectivity index is 1.20. The lowest BCUT2D eigenvalue weighted by Gasteiger charge is -2.35. The largest absolute Gasteiger partial charge is 0.457 e. The Labute approximate surface area is 199 Å². The van der Waals surface area contributed by atoms with E-state index in [0.29, 0.717) is 38.5 Å². The van der Waals surface area contributed by atoms with Crippen molar-refractivity contribution in [1.29, 1.82) is 0 Å². The molecule has 6 nitrogen and oxygen atoms in total. The summed E-state index contributed by atoms with van der Waals surface area (Å²) in [5.74, 6) is 2.44. The van der Waals surface area contributed by atoms with Gasteiger partial charge < -0.3 is 14.5 Å². The zero-order valence-corrected chi connectivity index (χ0v) is 18.9. The van der Waals surface area contributed by atoms with E-state index < -0.39 is 0 Å². The van der Waals surface area contributed by atoms with Crippen molar-refractivity contribution in [3.05, 3.63) is 103 Å². The molecule has 1 saturated heterocycles. The Hall–Kier alpha value is -4.19. The minimum Gasteiger partial charge on any atom is -0.457 e. The second kappa shape index (κ2) is 10.2. The van der Waals surface area contributed by atoms with E-state index in [9.17, 15) is 4.79 Å². The lowest BCUT2D eigenvalue weighted by Crippen LogP contribution is -2.49. The van der Waals surface area contributed by atoms with Crippen molar-refractivity contribution < 1.29 is 9.53 Å². The van der Waals surface area contributed by atoms with Crippen molar-refractivity contribution in [2.45, 2.75) is 6.42 Å². The van der Waals surface area contributed by atoms with Gasteiger partial charge in [-0.05, 0) is 48.0 Å². The topological polar surface area (TPSA) is 58.6 Å². The van der Waals surface area contributed by atoms with E-state index in [1.807, 2.05) is 95.9 Å². The molecule has 1 aromatic heterocycles. The molecular formula is C28H26N4O2. The maximum Gasteiger partial charge on any atom is 0.227 e. The number of nitrogens with zero attached hydrogens (tertiary/aromatic N) is 4. The van der Waals surface area contributed by atoms with Crippen molar-refractivity contribution in [1.82, 2.24) is 14.9 Å². The predicted octanol–water partition coefficient (Wildman–Crippen LogP) is 4.83. The summed E-state index contributed by atoms with van der Waals surface area (Å²) in [5.41, 5.74) is 2.91. The molecule has 4 aromatic rings. The summed E-state index contributed by atoms with van der Waals surface area (Å²) < 4.78 is 5.88. The van der Waals surface area contributed by atoms with Gasteiger partial charge in [-0.2, -0.15) is 0 Å². The number of aromatic nitrogens is 2. The summed E-state index contributed by atoms with van der Waals surface area (Å²) in [4.78, 5) is 26.0. The molecule has 0 atom stereocenters. The molecule has 5 rings (SSSR count). The molecule has 0 bridgehead atoms. The Morgan fingerprint density at radius 1 is 0.765 bits per heavy atom. The summed E-state index contributed by atoms with van der Waals surface area (Å²) in [5, 5.41) is 0. The third kappa shape index (κ3) is 5.23. The van der Waals surface area contributed by atoms with Crippen LogP contribution in [0, 0.1) is 0 Å². The van der Waals surface area contributed by atoms with Gasteiger partial charge in [0.2, 0.25) is 11.9 Å². The number of ether oxygens (including phenoxy) is 1. The van der Waals surface area contributed by atoms with Crippen LogP contribution < -0.4 is 9.64 Å². The van der Waals surface area contributed by atoms with Gasteiger partial charge in [0.1, 0.15) is 11.5 Å². The van der Waals surface area contributed by atoms with Crippen LogP contribution in [0.1, 0.15) is 5.56 Å². The molecule has 3 aromatic carbocycles. The number of para-hydroxylation sites is 1. The van der Waals surface area contributed by atoms with Crippen molar-refractivity contribution in [3.8, 4) is 22.8 Å². The summed E-state index contributed by atoms with van der Waals surface area (Å²) >= 11 is 0. The smallest absolute Gasteiger partial charge is 0.227 e. The second-order valence-corrected chi connectivity index (χ2v) is 8.21. The SMILES string of the molecule is O=C(Cc1ccccc1)N1CCN(c2nccc(-c3ccc(Oc4ccccc4)cc3)n2)CC1. The van der Waals surface area contributed by atoms with E-state index >= 15 is 0 Å². The Bertz CT molecular complexity index is 1220. The lowest BCUT2D eigenvalue weighted by atomic mass is 10.1. The number of benzene rings is 3. The normalized spacial score (nSPS) is 13.5. The zero-order chi connectivity index (χ0) is 23.2. The number of piperazine rings is 1. The predicted molar refractivity (Wildman–Crippen MR) is 133 cm³/mol. The summed E-state index contributed by atoms with van der Waals surface area (Å²) in [7, 11) is 0. The quantitative estimate of drug-likeness (QED) is 0.421. The number of anilines is 1. The van der Waals surface area contributed by atoms with E-state index in [0.717, 1.165) is 28.3 Å². The Morgan fingerprint density at radius 3 is 2.12 bits per heavy atom. The molecule has 0 saturated carbocycles. The van der Waals surface area contributed by atoms with E-state index in [2.05, 4.69) is 9.88 Å². The summed E-state index contributed by atoms with van der Waals surface area (Å²) in [6.07, 6.45) is 2.23. The molecule has 1 aliphatic rings. The van der Waals surface area contributed by atoms with Crippen LogP contribution in [-0.2, 0) is 11.2 Å². The molecule has 1 fully saturated rings. The number of carbonyl (C=O) groups is 1. The fraction of sp³-hybridized carbons (Fsp3) is 0.179. The molecule has 2 heterocycles. The fourth-order valence-corrected chi connectivity index (χ4v) is 4.02. The van der Waals surface area contributed by atoms with Gasteiger partial charge in [0, 0.05) is 37.9 Å². The van der Waals surface area contributed by atoms with Crippen LogP contribution >= 0.6 is 0 Å². The minimum atomic E-state index is 0.165. The van der Waals surface area contributed by atoms with Crippen LogP contribution in [0.2, 0.25) is 0 Å². The van der Waals surface area contributed by atoms with Crippen LogP contribution in [0.25, 0.3) is 11.3 Å². The molecule has 1 aliphatic heterocycles. The molecule has 0 unspecified atom stereocenters. The van der Waals surface area contributed by atoms with Crippen LogP contribution in [0.3, 0.4) is 0 Å². The molecule has 0 spiro atoms. The highest BCUT2D eigenvalue weighted by Crippen LogP contribution is 2.25. The third-order valence-electron chi connectivity index (χ3n) is 5.89. The van der Waals surface area contributed by atoms with Gasteiger partial charge in [0.25, 0.3) is 0 Å². The van der Waals surface area contributed by atoms with Crippen LogP contribution in [0.15, 0.2) is 97.2 Å².